The molecule has 0 saturated carbocycles. The van der Waals surface area contributed by atoms with Crippen LogP contribution in [-0.2, 0) is 17.6 Å². The summed E-state index contributed by atoms with van der Waals surface area (Å²) < 4.78 is 27.2. The van der Waals surface area contributed by atoms with Crippen LogP contribution in [0.5, 0.6) is 0 Å². The first kappa shape index (κ1) is 13.4. The Bertz CT molecular complexity index is 627. The van der Waals surface area contributed by atoms with Gasteiger partial charge in [-0.05, 0) is 48.4 Å². The number of carbonyl (C=O) groups excluding carboxylic acids is 1. The van der Waals surface area contributed by atoms with Gasteiger partial charge in [-0.1, -0.05) is 6.07 Å². The van der Waals surface area contributed by atoms with Crippen LogP contribution >= 0.6 is 11.3 Å². The Balaban J connectivity index is 1.85. The number of aryl methyl sites for hydroxylation is 1. The third-order valence-corrected chi connectivity index (χ3v) is 4.85. The van der Waals surface area contributed by atoms with Crippen molar-refractivity contribution in [3.05, 3.63) is 57.3 Å². The van der Waals surface area contributed by atoms with Gasteiger partial charge in [0.1, 0.15) is 17.4 Å². The molecule has 20 heavy (non-hydrogen) atoms. The molecular weight excluding hydrogens is 278 g/mol. The second-order valence-electron chi connectivity index (χ2n) is 5.09. The van der Waals surface area contributed by atoms with Gasteiger partial charge in [-0.3, -0.25) is 4.79 Å². The first-order chi connectivity index (χ1) is 9.66. The number of thiophene rings is 1. The smallest absolute Gasteiger partial charge is 0.144 e. The van der Waals surface area contributed by atoms with Crippen molar-refractivity contribution in [2.75, 3.05) is 0 Å². The van der Waals surface area contributed by atoms with Crippen LogP contribution in [0, 0.1) is 11.6 Å². The molecule has 1 aromatic heterocycles. The lowest BCUT2D eigenvalue weighted by molar-refractivity contribution is -0.120. The van der Waals surface area contributed by atoms with Crippen LogP contribution in [0.4, 0.5) is 8.78 Å². The monoisotopic (exact) mass is 292 g/mol. The van der Waals surface area contributed by atoms with E-state index in [9.17, 15) is 13.6 Å². The molecule has 0 radical (unpaired) electrons. The van der Waals surface area contributed by atoms with E-state index in [0.717, 1.165) is 24.8 Å². The summed E-state index contributed by atoms with van der Waals surface area (Å²) in [4.78, 5) is 13.6. The van der Waals surface area contributed by atoms with Crippen molar-refractivity contribution < 1.29 is 13.6 Å². The van der Waals surface area contributed by atoms with Crippen LogP contribution in [0.3, 0.4) is 0 Å². The predicted octanol–water partition coefficient (Wildman–Crippen LogP) is 4.26. The third-order valence-electron chi connectivity index (χ3n) is 3.85. The van der Waals surface area contributed by atoms with Gasteiger partial charge in [0, 0.05) is 22.8 Å². The summed E-state index contributed by atoms with van der Waals surface area (Å²) in [5.74, 6) is -1.57. The van der Waals surface area contributed by atoms with E-state index in [2.05, 4.69) is 0 Å². The Hall–Kier alpha value is -1.55. The Kier molecular flexibility index (Phi) is 3.66. The fraction of sp³-hybridized carbons (Fsp3) is 0.312. The Morgan fingerprint density at radius 1 is 1.25 bits per heavy atom. The van der Waals surface area contributed by atoms with Gasteiger partial charge < -0.3 is 0 Å². The summed E-state index contributed by atoms with van der Waals surface area (Å²) in [6, 6.07) is 5.68. The number of rotatable bonds is 3. The molecule has 1 aliphatic rings. The first-order valence-corrected chi connectivity index (χ1v) is 7.56. The maximum atomic E-state index is 13.6. The van der Waals surface area contributed by atoms with Gasteiger partial charge in [0.2, 0.25) is 0 Å². The molecule has 1 aliphatic carbocycles. The molecule has 0 bridgehead atoms. The number of fused-ring (bicyclic) bond motifs is 1. The van der Waals surface area contributed by atoms with E-state index in [1.807, 2.05) is 11.4 Å². The lowest BCUT2D eigenvalue weighted by atomic mass is 9.83. The van der Waals surface area contributed by atoms with E-state index in [4.69, 9.17) is 0 Å². The molecule has 1 unspecified atom stereocenters. The molecule has 0 aliphatic heterocycles. The molecule has 1 atom stereocenters. The minimum absolute atomic E-state index is 0.0895. The summed E-state index contributed by atoms with van der Waals surface area (Å²) in [6.07, 6.45) is 2.58. The van der Waals surface area contributed by atoms with Crippen LogP contribution in [-0.4, -0.2) is 5.78 Å². The molecule has 0 saturated heterocycles. The molecule has 1 aromatic carbocycles. The summed E-state index contributed by atoms with van der Waals surface area (Å²) in [6.45, 7) is 0. The quantitative estimate of drug-likeness (QED) is 0.826. The van der Waals surface area contributed by atoms with Crippen molar-refractivity contribution in [3.8, 4) is 0 Å². The first-order valence-electron chi connectivity index (χ1n) is 6.68. The number of benzene rings is 1. The van der Waals surface area contributed by atoms with Crippen molar-refractivity contribution in [2.45, 2.75) is 31.6 Å². The number of hydrogen-bond acceptors (Lipinski definition) is 2. The van der Waals surface area contributed by atoms with Crippen molar-refractivity contribution in [1.82, 2.24) is 0 Å². The predicted molar refractivity (Wildman–Crippen MR) is 75.1 cm³/mol. The van der Waals surface area contributed by atoms with E-state index in [1.54, 1.807) is 11.3 Å². The molecule has 1 nitrogen and oxygen atoms in total. The normalized spacial score (nSPS) is 17.8. The molecule has 1 heterocycles. The summed E-state index contributed by atoms with van der Waals surface area (Å²) >= 11 is 1.66. The van der Waals surface area contributed by atoms with Gasteiger partial charge in [-0.25, -0.2) is 8.78 Å². The second kappa shape index (κ2) is 5.44. The highest BCUT2D eigenvalue weighted by Crippen LogP contribution is 2.36. The zero-order chi connectivity index (χ0) is 14.1. The third kappa shape index (κ3) is 2.40. The number of halogens is 2. The average molecular weight is 292 g/mol. The van der Waals surface area contributed by atoms with Crippen LogP contribution in [0.1, 0.15) is 34.8 Å². The Morgan fingerprint density at radius 3 is 2.75 bits per heavy atom. The van der Waals surface area contributed by atoms with Crippen molar-refractivity contribution in [1.29, 1.82) is 0 Å². The summed E-state index contributed by atoms with van der Waals surface area (Å²) in [5, 5.41) is 1.99. The lowest BCUT2D eigenvalue weighted by Gasteiger charge is -2.21. The minimum Gasteiger partial charge on any atom is -0.299 e. The molecule has 0 N–H and O–H groups in total. The molecule has 2 aromatic rings. The van der Waals surface area contributed by atoms with Gasteiger partial charge in [-0.2, -0.15) is 0 Å². The van der Waals surface area contributed by atoms with E-state index in [1.165, 1.54) is 23.1 Å². The highest BCUT2D eigenvalue weighted by atomic mass is 32.1. The van der Waals surface area contributed by atoms with Gasteiger partial charge in [-0.15, -0.1) is 11.3 Å². The Labute approximate surface area is 120 Å². The largest absolute Gasteiger partial charge is 0.299 e. The fourth-order valence-corrected chi connectivity index (χ4v) is 3.81. The number of Topliss-reactive ketones (excluding diaryl/α,β-unsaturated/α-hetero) is 1. The number of carbonyl (C=O) groups is 1. The van der Waals surface area contributed by atoms with Crippen molar-refractivity contribution in [2.24, 2.45) is 0 Å². The standard InChI is InChI=1S/C16H14F2OS/c17-13-4-2-5-14(18)12(13)9-15(19)10-3-1-6-16-11(10)7-8-20-16/h2,4-5,7-8,10H,1,3,6,9H2. The lowest BCUT2D eigenvalue weighted by Crippen LogP contribution is -2.20. The van der Waals surface area contributed by atoms with Crippen LogP contribution in [0.2, 0.25) is 0 Å². The average Bonchev–Trinajstić information content (AvgIpc) is 2.91. The highest BCUT2D eigenvalue weighted by molar-refractivity contribution is 7.10. The molecule has 104 valence electrons. The molecule has 0 fully saturated rings. The zero-order valence-corrected chi connectivity index (χ0v) is 11.7. The van der Waals surface area contributed by atoms with Crippen LogP contribution < -0.4 is 0 Å². The van der Waals surface area contributed by atoms with E-state index >= 15 is 0 Å². The van der Waals surface area contributed by atoms with Gasteiger partial charge >= 0.3 is 0 Å². The minimum atomic E-state index is -0.639. The summed E-state index contributed by atoms with van der Waals surface area (Å²) in [7, 11) is 0. The molecule has 0 spiro atoms. The number of hydrogen-bond donors (Lipinski definition) is 0. The van der Waals surface area contributed by atoms with Crippen LogP contribution in [0.15, 0.2) is 29.6 Å². The topological polar surface area (TPSA) is 17.1 Å². The highest BCUT2D eigenvalue weighted by Gasteiger charge is 2.28. The van der Waals surface area contributed by atoms with Gasteiger partial charge in [0.25, 0.3) is 0 Å². The van der Waals surface area contributed by atoms with Crippen molar-refractivity contribution in [3.63, 3.8) is 0 Å². The fourth-order valence-electron chi connectivity index (χ4n) is 2.82. The maximum Gasteiger partial charge on any atom is 0.144 e. The Morgan fingerprint density at radius 2 is 2.00 bits per heavy atom. The second-order valence-corrected chi connectivity index (χ2v) is 6.09. The van der Waals surface area contributed by atoms with Gasteiger partial charge in [0.05, 0.1) is 0 Å². The van der Waals surface area contributed by atoms with E-state index < -0.39 is 11.6 Å². The van der Waals surface area contributed by atoms with Crippen LogP contribution in [0.25, 0.3) is 0 Å². The SMILES string of the molecule is O=C(Cc1c(F)cccc1F)C1CCCc2sccc21. The van der Waals surface area contributed by atoms with E-state index in [-0.39, 0.29) is 23.7 Å². The zero-order valence-electron chi connectivity index (χ0n) is 10.9. The molecular formula is C16H14F2OS. The van der Waals surface area contributed by atoms with Crippen molar-refractivity contribution >= 4 is 17.1 Å². The number of ketones is 1. The van der Waals surface area contributed by atoms with E-state index in [0.29, 0.717) is 0 Å². The van der Waals surface area contributed by atoms with Gasteiger partial charge in [0.15, 0.2) is 0 Å². The maximum absolute atomic E-state index is 13.6. The molecule has 0 amide bonds. The molecule has 3 rings (SSSR count). The summed E-state index contributed by atoms with van der Waals surface area (Å²) in [5.41, 5.74) is 0.947. The molecule has 4 heteroatoms.